The average molecular weight is 249 g/mol. The van der Waals surface area contributed by atoms with Crippen molar-refractivity contribution >= 4 is 11.1 Å². The zero-order valence-corrected chi connectivity index (χ0v) is 10.3. The molecule has 0 heterocycles. The lowest BCUT2D eigenvalue weighted by molar-refractivity contribution is 0.438. The Bertz CT molecular complexity index is 474. The van der Waals surface area contributed by atoms with Crippen molar-refractivity contribution < 1.29 is 13.5 Å². The first-order valence-corrected chi connectivity index (χ1v) is 6.50. The molecule has 4 heteroatoms. The van der Waals surface area contributed by atoms with E-state index in [1.165, 1.54) is 5.56 Å². The van der Waals surface area contributed by atoms with Crippen molar-refractivity contribution in [2.24, 2.45) is 0 Å². The lowest BCUT2D eigenvalue weighted by Gasteiger charge is -2.18. The lowest BCUT2D eigenvalue weighted by atomic mass is 10.1. The van der Waals surface area contributed by atoms with E-state index in [9.17, 15) is 8.76 Å². The molecule has 90 valence electrons. The van der Waals surface area contributed by atoms with Gasteiger partial charge in [0, 0.05) is 5.25 Å². The lowest BCUT2D eigenvalue weighted by Crippen LogP contribution is -2.14. The van der Waals surface area contributed by atoms with Gasteiger partial charge in [-0.1, -0.05) is 23.8 Å². The predicted octanol–water partition coefficient (Wildman–Crippen LogP) is 2.47. The molecule has 0 saturated carbocycles. The third kappa shape index (κ3) is 3.28. The minimum absolute atomic E-state index is 0.430. The molecule has 0 radical (unpaired) electrons. The van der Waals surface area contributed by atoms with E-state index < -0.39 is 16.3 Å². The van der Waals surface area contributed by atoms with E-state index in [1.807, 2.05) is 31.2 Å². The van der Waals surface area contributed by atoms with E-state index in [-0.39, 0.29) is 0 Å². The van der Waals surface area contributed by atoms with Gasteiger partial charge in [-0.05, 0) is 48.7 Å². The maximum Gasteiger partial charge on any atom is 0.127 e. The van der Waals surface area contributed by atoms with Crippen molar-refractivity contribution in [3.05, 3.63) is 53.8 Å². The van der Waals surface area contributed by atoms with Gasteiger partial charge < -0.3 is 9.29 Å². The SMILES string of the molecule is Cc1ccc(OC2=CCC(S(=O)[O-])C=C2)cc1. The second-order valence-corrected chi connectivity index (χ2v) is 5.04. The maximum atomic E-state index is 10.7. The summed E-state index contributed by atoms with van der Waals surface area (Å²) in [5, 5.41) is -0.430. The number of hydrogen-bond acceptors (Lipinski definition) is 3. The molecule has 0 spiro atoms. The third-order valence-electron chi connectivity index (χ3n) is 2.53. The molecule has 0 bridgehead atoms. The zero-order valence-electron chi connectivity index (χ0n) is 9.46. The Kier molecular flexibility index (Phi) is 3.76. The van der Waals surface area contributed by atoms with E-state index in [1.54, 1.807) is 18.2 Å². The Hall–Kier alpha value is -1.39. The van der Waals surface area contributed by atoms with Crippen LogP contribution >= 0.6 is 0 Å². The molecule has 1 aliphatic rings. The Morgan fingerprint density at radius 1 is 1.35 bits per heavy atom. The highest BCUT2D eigenvalue weighted by atomic mass is 32.2. The molecule has 0 amide bonds. The van der Waals surface area contributed by atoms with Gasteiger partial charge in [0.2, 0.25) is 0 Å². The Balaban J connectivity index is 2.00. The van der Waals surface area contributed by atoms with Gasteiger partial charge in [-0.3, -0.25) is 4.21 Å². The van der Waals surface area contributed by atoms with Gasteiger partial charge >= 0.3 is 0 Å². The summed E-state index contributed by atoms with van der Waals surface area (Å²) in [5.41, 5.74) is 1.17. The minimum Gasteiger partial charge on any atom is -0.772 e. The van der Waals surface area contributed by atoms with Crippen LogP contribution in [0, 0.1) is 6.92 Å². The Morgan fingerprint density at radius 2 is 2.06 bits per heavy atom. The molecular weight excluding hydrogens is 236 g/mol. The van der Waals surface area contributed by atoms with E-state index >= 15 is 0 Å². The topological polar surface area (TPSA) is 49.4 Å². The summed E-state index contributed by atoms with van der Waals surface area (Å²) in [4.78, 5) is 0. The standard InChI is InChI=1S/C13H14O3S/c1-10-2-4-11(5-3-10)16-12-6-8-13(9-7-12)17(14)15/h2-8,13H,9H2,1H3,(H,14,15)/p-1. The highest BCUT2D eigenvalue weighted by molar-refractivity contribution is 7.80. The summed E-state index contributed by atoms with van der Waals surface area (Å²) < 4.78 is 27.1. The van der Waals surface area contributed by atoms with Crippen LogP contribution in [0.4, 0.5) is 0 Å². The predicted molar refractivity (Wildman–Crippen MR) is 66.4 cm³/mol. The molecule has 0 saturated heterocycles. The number of hydrogen-bond donors (Lipinski definition) is 0. The fourth-order valence-corrected chi connectivity index (χ4v) is 2.00. The molecule has 1 aromatic carbocycles. The molecule has 2 rings (SSSR count). The molecule has 1 aliphatic carbocycles. The van der Waals surface area contributed by atoms with Crippen molar-refractivity contribution in [1.29, 1.82) is 0 Å². The van der Waals surface area contributed by atoms with Gasteiger partial charge in [0.05, 0.1) is 0 Å². The number of ether oxygens (including phenoxy) is 1. The number of aryl methyl sites for hydroxylation is 1. The van der Waals surface area contributed by atoms with Gasteiger partial charge in [0.1, 0.15) is 11.5 Å². The van der Waals surface area contributed by atoms with Crippen LogP contribution in [-0.2, 0) is 11.1 Å². The summed E-state index contributed by atoms with van der Waals surface area (Å²) >= 11 is -2.05. The van der Waals surface area contributed by atoms with Gasteiger partial charge in [-0.15, -0.1) is 0 Å². The fraction of sp³-hybridized carbons (Fsp3) is 0.231. The van der Waals surface area contributed by atoms with E-state index in [0.717, 1.165) is 5.75 Å². The van der Waals surface area contributed by atoms with Crippen molar-refractivity contribution in [1.82, 2.24) is 0 Å². The van der Waals surface area contributed by atoms with Crippen LogP contribution in [0.3, 0.4) is 0 Å². The highest BCUT2D eigenvalue weighted by Gasteiger charge is 2.10. The third-order valence-corrected chi connectivity index (χ3v) is 3.37. The number of allylic oxidation sites excluding steroid dienone is 2. The van der Waals surface area contributed by atoms with E-state index in [2.05, 4.69) is 0 Å². The van der Waals surface area contributed by atoms with Crippen LogP contribution < -0.4 is 4.74 Å². The monoisotopic (exact) mass is 249 g/mol. The van der Waals surface area contributed by atoms with Gasteiger partial charge in [0.25, 0.3) is 0 Å². The second kappa shape index (κ2) is 5.29. The van der Waals surface area contributed by atoms with Crippen molar-refractivity contribution in [3.63, 3.8) is 0 Å². The van der Waals surface area contributed by atoms with Crippen molar-refractivity contribution in [3.8, 4) is 5.75 Å². The zero-order chi connectivity index (χ0) is 12.3. The largest absolute Gasteiger partial charge is 0.772 e. The normalized spacial score (nSPS) is 20.8. The molecule has 0 fully saturated rings. The molecule has 3 nitrogen and oxygen atoms in total. The van der Waals surface area contributed by atoms with Crippen LogP contribution in [0.15, 0.2) is 48.3 Å². The first kappa shape index (κ1) is 12.1. The van der Waals surface area contributed by atoms with E-state index in [4.69, 9.17) is 4.74 Å². The van der Waals surface area contributed by atoms with Crippen LogP contribution in [0.5, 0.6) is 5.75 Å². The smallest absolute Gasteiger partial charge is 0.127 e. The van der Waals surface area contributed by atoms with Crippen molar-refractivity contribution in [2.45, 2.75) is 18.6 Å². The molecule has 2 unspecified atom stereocenters. The highest BCUT2D eigenvalue weighted by Crippen LogP contribution is 2.19. The summed E-state index contributed by atoms with van der Waals surface area (Å²) in [5.74, 6) is 1.45. The molecule has 0 aliphatic heterocycles. The first-order chi connectivity index (χ1) is 8.15. The van der Waals surface area contributed by atoms with Crippen LogP contribution in [0.2, 0.25) is 0 Å². The molecule has 2 atom stereocenters. The van der Waals surface area contributed by atoms with E-state index in [0.29, 0.717) is 12.2 Å². The molecule has 1 aromatic rings. The number of benzene rings is 1. The Morgan fingerprint density at radius 3 is 2.59 bits per heavy atom. The van der Waals surface area contributed by atoms with Crippen LogP contribution in [0.1, 0.15) is 12.0 Å². The van der Waals surface area contributed by atoms with Crippen LogP contribution in [0.25, 0.3) is 0 Å². The Labute approximate surface area is 103 Å². The second-order valence-electron chi connectivity index (χ2n) is 3.92. The summed E-state index contributed by atoms with van der Waals surface area (Å²) in [7, 11) is 0. The van der Waals surface area contributed by atoms with Crippen LogP contribution in [-0.4, -0.2) is 14.0 Å². The summed E-state index contributed by atoms with van der Waals surface area (Å²) in [6.45, 7) is 2.01. The molecule has 0 N–H and O–H groups in total. The maximum absolute atomic E-state index is 10.7. The van der Waals surface area contributed by atoms with Gasteiger partial charge in [0.15, 0.2) is 0 Å². The first-order valence-electron chi connectivity index (χ1n) is 5.36. The van der Waals surface area contributed by atoms with Gasteiger partial charge in [-0.25, -0.2) is 0 Å². The summed E-state index contributed by atoms with van der Waals surface area (Å²) in [6.07, 6.45) is 5.60. The fourth-order valence-electron chi connectivity index (χ4n) is 1.54. The van der Waals surface area contributed by atoms with Gasteiger partial charge in [-0.2, -0.15) is 0 Å². The average Bonchev–Trinajstić information content (AvgIpc) is 2.33. The quantitative estimate of drug-likeness (QED) is 0.773. The minimum atomic E-state index is -2.05. The summed E-state index contributed by atoms with van der Waals surface area (Å²) in [6, 6.07) is 7.72. The van der Waals surface area contributed by atoms with Crippen molar-refractivity contribution in [2.75, 3.05) is 0 Å². The molecular formula is C13H13O3S-. The number of rotatable bonds is 3. The molecule has 17 heavy (non-hydrogen) atoms. The molecule has 0 aromatic heterocycles.